The molecule has 206 valence electrons. The van der Waals surface area contributed by atoms with Gasteiger partial charge in [-0.05, 0) is 60.0 Å². The predicted molar refractivity (Wildman–Crippen MR) is 154 cm³/mol. The van der Waals surface area contributed by atoms with Crippen molar-refractivity contribution >= 4 is 51.9 Å². The number of thiocarbonyl (C=S) groups is 1. The standard InChI is InChI=1S/C28H24N2O8S2/c1-35-21-10-4-17(14-23(21)36-2)12-13-29-26(31)25(40-28(29)39)16-18-5-11-22(24(15-18)37-3)38-27(32)19-6-8-20(9-7-19)30(33)34/h4-11,14-16H,12-13H2,1-3H3/b25-16-. The predicted octanol–water partition coefficient (Wildman–Crippen LogP) is 5.28. The molecule has 0 aromatic heterocycles. The number of nitrogens with zero attached hydrogens (tertiary/aromatic N) is 2. The van der Waals surface area contributed by atoms with E-state index in [1.807, 2.05) is 18.2 Å². The fraction of sp³-hybridized carbons (Fsp3) is 0.179. The minimum Gasteiger partial charge on any atom is -0.493 e. The Morgan fingerprint density at radius 1 is 0.950 bits per heavy atom. The van der Waals surface area contributed by atoms with E-state index in [0.717, 1.165) is 5.56 Å². The van der Waals surface area contributed by atoms with Crippen LogP contribution in [0.15, 0.2) is 65.6 Å². The molecule has 10 nitrogen and oxygen atoms in total. The first-order chi connectivity index (χ1) is 19.2. The first-order valence-electron chi connectivity index (χ1n) is 11.8. The Bertz CT molecular complexity index is 1500. The minimum atomic E-state index is -0.698. The lowest BCUT2D eigenvalue weighted by Gasteiger charge is -2.15. The van der Waals surface area contributed by atoms with Gasteiger partial charge in [0.05, 0.1) is 36.7 Å². The molecule has 1 fully saturated rings. The second-order valence-corrected chi connectivity index (χ2v) is 10.1. The topological polar surface area (TPSA) is 117 Å². The van der Waals surface area contributed by atoms with Crippen molar-refractivity contribution in [2.24, 2.45) is 0 Å². The average molecular weight is 581 g/mol. The maximum Gasteiger partial charge on any atom is 0.343 e. The quantitative estimate of drug-likeness (QED) is 0.0782. The SMILES string of the molecule is COc1ccc(CCN2C(=O)/C(=C/c3ccc(OC(=O)c4ccc([N+](=O)[O-])cc4)c(OC)c3)SC2=S)cc1OC. The summed E-state index contributed by atoms with van der Waals surface area (Å²) in [7, 11) is 4.57. The second-order valence-electron chi connectivity index (χ2n) is 8.38. The molecule has 40 heavy (non-hydrogen) atoms. The smallest absolute Gasteiger partial charge is 0.343 e. The van der Waals surface area contributed by atoms with Crippen LogP contribution in [0.3, 0.4) is 0 Å². The molecule has 0 bridgehead atoms. The van der Waals surface area contributed by atoms with Gasteiger partial charge in [-0.1, -0.05) is 36.1 Å². The zero-order chi connectivity index (χ0) is 28.8. The summed E-state index contributed by atoms with van der Waals surface area (Å²) in [6.07, 6.45) is 2.27. The Hall–Kier alpha value is -4.42. The van der Waals surface area contributed by atoms with Crippen molar-refractivity contribution in [2.45, 2.75) is 6.42 Å². The lowest BCUT2D eigenvalue weighted by molar-refractivity contribution is -0.384. The summed E-state index contributed by atoms with van der Waals surface area (Å²) in [6, 6.07) is 15.5. The lowest BCUT2D eigenvalue weighted by atomic mass is 10.1. The van der Waals surface area contributed by atoms with Gasteiger partial charge in [-0.15, -0.1) is 0 Å². The highest BCUT2D eigenvalue weighted by atomic mass is 32.2. The van der Waals surface area contributed by atoms with E-state index < -0.39 is 10.9 Å². The van der Waals surface area contributed by atoms with Crippen molar-refractivity contribution in [3.05, 3.63) is 92.4 Å². The normalized spacial score (nSPS) is 13.9. The molecule has 3 aromatic rings. The van der Waals surface area contributed by atoms with E-state index in [1.54, 1.807) is 43.4 Å². The Balaban J connectivity index is 1.44. The third-order valence-electron chi connectivity index (χ3n) is 5.95. The van der Waals surface area contributed by atoms with Crippen molar-refractivity contribution < 1.29 is 33.5 Å². The molecule has 1 aliphatic heterocycles. The fourth-order valence-corrected chi connectivity index (χ4v) is 5.17. The van der Waals surface area contributed by atoms with Crippen LogP contribution in [0.5, 0.6) is 23.0 Å². The monoisotopic (exact) mass is 580 g/mol. The number of thioether (sulfide) groups is 1. The van der Waals surface area contributed by atoms with Gasteiger partial charge in [-0.3, -0.25) is 19.8 Å². The number of amides is 1. The van der Waals surface area contributed by atoms with Crippen LogP contribution in [0.25, 0.3) is 6.08 Å². The molecule has 4 rings (SSSR count). The zero-order valence-electron chi connectivity index (χ0n) is 21.7. The van der Waals surface area contributed by atoms with Gasteiger partial charge in [0.25, 0.3) is 11.6 Å². The number of nitro benzene ring substituents is 1. The number of rotatable bonds is 10. The number of carbonyl (C=O) groups excluding carboxylic acids is 2. The van der Waals surface area contributed by atoms with E-state index >= 15 is 0 Å². The van der Waals surface area contributed by atoms with Crippen LogP contribution in [0.2, 0.25) is 0 Å². The molecule has 0 saturated carbocycles. The van der Waals surface area contributed by atoms with Crippen molar-refractivity contribution in [2.75, 3.05) is 27.9 Å². The van der Waals surface area contributed by atoms with Gasteiger partial charge < -0.3 is 18.9 Å². The first kappa shape index (κ1) is 28.6. The molecule has 3 aromatic carbocycles. The molecule has 1 heterocycles. The molecule has 0 N–H and O–H groups in total. The summed E-state index contributed by atoms with van der Waals surface area (Å²) in [5.74, 6) is 0.765. The van der Waals surface area contributed by atoms with Crippen molar-refractivity contribution in [1.82, 2.24) is 4.90 Å². The number of benzene rings is 3. The summed E-state index contributed by atoms with van der Waals surface area (Å²) in [5.41, 5.74) is 1.63. The number of hydrogen-bond donors (Lipinski definition) is 0. The Labute approximate surface area is 239 Å². The van der Waals surface area contributed by atoms with Gasteiger partial charge >= 0.3 is 5.97 Å². The molecule has 1 saturated heterocycles. The highest BCUT2D eigenvalue weighted by molar-refractivity contribution is 8.26. The highest BCUT2D eigenvalue weighted by Crippen LogP contribution is 2.35. The number of ether oxygens (including phenoxy) is 4. The number of nitro groups is 1. The number of non-ortho nitro benzene ring substituents is 1. The molecule has 0 aliphatic carbocycles. The average Bonchev–Trinajstić information content (AvgIpc) is 3.23. The summed E-state index contributed by atoms with van der Waals surface area (Å²) in [5, 5.41) is 10.8. The Morgan fingerprint density at radius 2 is 1.60 bits per heavy atom. The van der Waals surface area contributed by atoms with Gasteiger partial charge in [0, 0.05) is 18.7 Å². The molecule has 0 unspecified atom stereocenters. The van der Waals surface area contributed by atoms with Crippen LogP contribution in [0.1, 0.15) is 21.5 Å². The molecule has 12 heteroatoms. The van der Waals surface area contributed by atoms with E-state index in [4.69, 9.17) is 31.2 Å². The summed E-state index contributed by atoms with van der Waals surface area (Å²) in [4.78, 5) is 37.9. The zero-order valence-corrected chi connectivity index (χ0v) is 23.4. The largest absolute Gasteiger partial charge is 0.493 e. The number of hydrogen-bond acceptors (Lipinski definition) is 10. The molecule has 0 spiro atoms. The van der Waals surface area contributed by atoms with Gasteiger partial charge in [0.15, 0.2) is 23.0 Å². The lowest BCUT2D eigenvalue weighted by Crippen LogP contribution is -2.30. The van der Waals surface area contributed by atoms with Crippen molar-refractivity contribution in [3.63, 3.8) is 0 Å². The van der Waals surface area contributed by atoms with Gasteiger partial charge in [-0.25, -0.2) is 4.79 Å². The number of carbonyl (C=O) groups is 2. The summed E-state index contributed by atoms with van der Waals surface area (Å²) < 4.78 is 21.9. The molecule has 1 amide bonds. The van der Waals surface area contributed by atoms with Crippen LogP contribution in [-0.4, -0.2) is 53.9 Å². The molecular weight excluding hydrogens is 556 g/mol. The summed E-state index contributed by atoms with van der Waals surface area (Å²) in [6.45, 7) is 0.401. The Morgan fingerprint density at radius 3 is 2.25 bits per heavy atom. The maximum absolute atomic E-state index is 13.1. The van der Waals surface area contributed by atoms with E-state index in [0.29, 0.717) is 39.3 Å². The van der Waals surface area contributed by atoms with Crippen LogP contribution in [0.4, 0.5) is 5.69 Å². The van der Waals surface area contributed by atoms with E-state index in [1.165, 1.54) is 43.1 Å². The molecule has 0 atom stereocenters. The molecular formula is C28H24N2O8S2. The highest BCUT2D eigenvalue weighted by Gasteiger charge is 2.31. The summed E-state index contributed by atoms with van der Waals surface area (Å²) >= 11 is 6.67. The third-order valence-corrected chi connectivity index (χ3v) is 7.33. The van der Waals surface area contributed by atoms with E-state index in [-0.39, 0.29) is 28.7 Å². The van der Waals surface area contributed by atoms with Crippen molar-refractivity contribution in [1.29, 1.82) is 0 Å². The Kier molecular flexibility index (Phi) is 9.02. The van der Waals surface area contributed by atoms with Crippen LogP contribution < -0.4 is 18.9 Å². The number of esters is 1. The second kappa shape index (κ2) is 12.6. The van der Waals surface area contributed by atoms with Crippen LogP contribution in [0, 0.1) is 10.1 Å². The third kappa shape index (κ3) is 6.41. The number of methoxy groups -OCH3 is 3. The minimum absolute atomic E-state index is 0.134. The van der Waals surface area contributed by atoms with Gasteiger partial charge in [-0.2, -0.15) is 0 Å². The molecule has 0 radical (unpaired) electrons. The van der Waals surface area contributed by atoms with E-state index in [2.05, 4.69) is 0 Å². The maximum atomic E-state index is 13.1. The fourth-order valence-electron chi connectivity index (χ4n) is 3.86. The molecule has 1 aliphatic rings. The first-order valence-corrected chi connectivity index (χ1v) is 13.1. The van der Waals surface area contributed by atoms with Crippen molar-refractivity contribution in [3.8, 4) is 23.0 Å². The van der Waals surface area contributed by atoms with Gasteiger partial charge in [0.2, 0.25) is 0 Å². The van der Waals surface area contributed by atoms with Crippen LogP contribution in [-0.2, 0) is 11.2 Å². The van der Waals surface area contributed by atoms with Crippen LogP contribution >= 0.6 is 24.0 Å². The van der Waals surface area contributed by atoms with E-state index in [9.17, 15) is 19.7 Å². The van der Waals surface area contributed by atoms with Gasteiger partial charge in [0.1, 0.15) is 4.32 Å².